The summed E-state index contributed by atoms with van der Waals surface area (Å²) in [4.78, 5) is 20.5. The zero-order valence-electron chi connectivity index (χ0n) is 14.1. The monoisotopic (exact) mass is 363 g/mol. The van der Waals surface area contributed by atoms with Crippen molar-refractivity contribution < 1.29 is 18.0 Å². The van der Waals surface area contributed by atoms with E-state index in [1.165, 1.54) is 18.5 Å². The molecule has 136 valence electrons. The Morgan fingerprint density at radius 2 is 1.88 bits per heavy atom. The van der Waals surface area contributed by atoms with Crippen molar-refractivity contribution in [2.75, 3.05) is 5.32 Å². The van der Waals surface area contributed by atoms with Crippen LogP contribution < -0.4 is 5.32 Å². The van der Waals surface area contributed by atoms with Crippen molar-refractivity contribution in [2.24, 2.45) is 0 Å². The molecule has 0 saturated carbocycles. The zero-order valence-corrected chi connectivity index (χ0v) is 14.1. The summed E-state index contributed by atoms with van der Waals surface area (Å²) in [5.74, 6) is 0.209. The number of alkyl halides is 3. The van der Waals surface area contributed by atoms with Crippen molar-refractivity contribution in [3.63, 3.8) is 0 Å². The van der Waals surface area contributed by atoms with Crippen molar-refractivity contribution in [3.05, 3.63) is 53.1 Å². The van der Waals surface area contributed by atoms with Gasteiger partial charge in [0.1, 0.15) is 6.33 Å². The maximum Gasteiger partial charge on any atom is 0.416 e. The van der Waals surface area contributed by atoms with Gasteiger partial charge in [0.05, 0.1) is 5.56 Å². The Hall–Kier alpha value is -2.97. The average Bonchev–Trinajstić information content (AvgIpc) is 3.02. The van der Waals surface area contributed by atoms with Crippen molar-refractivity contribution in [1.29, 1.82) is 0 Å². The molecule has 0 bridgehead atoms. The van der Waals surface area contributed by atoms with Gasteiger partial charge in [-0.05, 0) is 50.1 Å². The van der Waals surface area contributed by atoms with Gasteiger partial charge in [-0.15, -0.1) is 0 Å². The number of fused-ring (bicyclic) bond motifs is 1. The summed E-state index contributed by atoms with van der Waals surface area (Å²) in [5, 5.41) is 6.69. The van der Waals surface area contributed by atoms with E-state index in [1.807, 2.05) is 13.8 Å². The average molecular weight is 363 g/mol. The van der Waals surface area contributed by atoms with Gasteiger partial charge in [-0.2, -0.15) is 23.3 Å². The molecule has 2 aromatic heterocycles. The SMILES string of the molecule is Cc1nc2ncnn2c(C)c1CCC(=O)Nc1ccc(C(F)(F)F)cc1. The molecule has 0 aliphatic rings. The molecule has 0 spiro atoms. The Bertz CT molecular complexity index is 947. The number of amides is 1. The molecule has 1 N–H and O–H groups in total. The predicted octanol–water partition coefficient (Wildman–Crippen LogP) is 3.33. The van der Waals surface area contributed by atoms with Crippen molar-refractivity contribution in [1.82, 2.24) is 19.6 Å². The lowest BCUT2D eigenvalue weighted by molar-refractivity contribution is -0.137. The van der Waals surface area contributed by atoms with Gasteiger partial charge in [0, 0.05) is 23.5 Å². The maximum atomic E-state index is 12.5. The van der Waals surface area contributed by atoms with E-state index in [4.69, 9.17) is 0 Å². The summed E-state index contributed by atoms with van der Waals surface area (Å²) >= 11 is 0. The van der Waals surface area contributed by atoms with Crippen LogP contribution in [0.2, 0.25) is 0 Å². The summed E-state index contributed by atoms with van der Waals surface area (Å²) in [6, 6.07) is 4.35. The number of hydrogen-bond acceptors (Lipinski definition) is 4. The molecule has 9 heteroatoms. The Labute approximate surface area is 147 Å². The lowest BCUT2D eigenvalue weighted by Crippen LogP contribution is -2.14. The molecule has 0 unspecified atom stereocenters. The standard InChI is InChI=1S/C17H16F3N5O/c1-10-14(11(2)25-16(23-10)21-9-22-25)7-8-15(26)24-13-5-3-12(4-6-13)17(18,19)20/h3-6,9H,7-8H2,1-2H3,(H,24,26). The number of hydrogen-bond donors (Lipinski definition) is 1. The minimum Gasteiger partial charge on any atom is -0.326 e. The van der Waals surface area contributed by atoms with E-state index < -0.39 is 11.7 Å². The number of nitrogens with one attached hydrogen (secondary N) is 1. The Kier molecular flexibility index (Phi) is 4.62. The van der Waals surface area contributed by atoms with Gasteiger partial charge in [-0.3, -0.25) is 4.79 Å². The second-order valence-corrected chi connectivity index (χ2v) is 5.86. The molecule has 3 rings (SSSR count). The van der Waals surface area contributed by atoms with Crippen molar-refractivity contribution >= 4 is 17.4 Å². The fourth-order valence-corrected chi connectivity index (χ4v) is 2.72. The molecule has 0 radical (unpaired) electrons. The summed E-state index contributed by atoms with van der Waals surface area (Å²) in [6.07, 6.45) is -2.38. The van der Waals surface area contributed by atoms with E-state index in [-0.39, 0.29) is 12.3 Å². The Morgan fingerprint density at radius 1 is 1.19 bits per heavy atom. The third kappa shape index (κ3) is 3.66. The molecule has 1 aromatic carbocycles. The number of carbonyl (C=O) groups is 1. The second kappa shape index (κ2) is 6.74. The van der Waals surface area contributed by atoms with Gasteiger partial charge in [0.25, 0.3) is 5.78 Å². The number of carbonyl (C=O) groups excluding carboxylic acids is 1. The molecule has 1 amide bonds. The summed E-state index contributed by atoms with van der Waals surface area (Å²) in [7, 11) is 0. The van der Waals surface area contributed by atoms with Crippen LogP contribution in [0.15, 0.2) is 30.6 Å². The number of rotatable bonds is 4. The second-order valence-electron chi connectivity index (χ2n) is 5.86. The molecule has 26 heavy (non-hydrogen) atoms. The predicted molar refractivity (Wildman–Crippen MR) is 88.7 cm³/mol. The smallest absolute Gasteiger partial charge is 0.326 e. The lowest BCUT2D eigenvalue weighted by atomic mass is 10.1. The number of benzene rings is 1. The van der Waals surface area contributed by atoms with Gasteiger partial charge in [0.2, 0.25) is 5.91 Å². The van der Waals surface area contributed by atoms with Crippen LogP contribution in [0.25, 0.3) is 5.78 Å². The van der Waals surface area contributed by atoms with Crippen LogP contribution in [0.4, 0.5) is 18.9 Å². The number of anilines is 1. The van der Waals surface area contributed by atoms with Gasteiger partial charge in [0.15, 0.2) is 0 Å². The van der Waals surface area contributed by atoms with E-state index in [2.05, 4.69) is 20.4 Å². The molecular weight excluding hydrogens is 347 g/mol. The topological polar surface area (TPSA) is 72.2 Å². The normalized spacial score (nSPS) is 11.7. The molecule has 0 atom stereocenters. The third-order valence-electron chi connectivity index (χ3n) is 4.09. The third-order valence-corrected chi connectivity index (χ3v) is 4.09. The summed E-state index contributed by atoms with van der Waals surface area (Å²) in [5.41, 5.74) is 2.08. The first-order valence-corrected chi connectivity index (χ1v) is 7.88. The zero-order chi connectivity index (χ0) is 18.9. The fourth-order valence-electron chi connectivity index (χ4n) is 2.72. The molecule has 0 fully saturated rings. The van der Waals surface area contributed by atoms with E-state index in [1.54, 1.807) is 4.52 Å². The fraction of sp³-hybridized carbons (Fsp3) is 0.294. The molecule has 0 saturated heterocycles. The quantitative estimate of drug-likeness (QED) is 0.772. The first-order valence-electron chi connectivity index (χ1n) is 7.88. The van der Waals surface area contributed by atoms with E-state index in [0.717, 1.165) is 29.1 Å². The van der Waals surface area contributed by atoms with Crippen LogP contribution >= 0.6 is 0 Å². The van der Waals surface area contributed by atoms with Gasteiger partial charge < -0.3 is 5.32 Å². The van der Waals surface area contributed by atoms with E-state index >= 15 is 0 Å². The van der Waals surface area contributed by atoms with Crippen LogP contribution in [0.3, 0.4) is 0 Å². The van der Waals surface area contributed by atoms with Crippen molar-refractivity contribution in [2.45, 2.75) is 32.9 Å². The van der Waals surface area contributed by atoms with Gasteiger partial charge >= 0.3 is 6.18 Å². The van der Waals surface area contributed by atoms with Crippen LogP contribution in [-0.4, -0.2) is 25.5 Å². The molecule has 3 aromatic rings. The van der Waals surface area contributed by atoms with Crippen LogP contribution in [0.5, 0.6) is 0 Å². The number of aromatic nitrogens is 4. The van der Waals surface area contributed by atoms with E-state index in [0.29, 0.717) is 17.9 Å². The minimum absolute atomic E-state index is 0.171. The Balaban J connectivity index is 1.66. The van der Waals surface area contributed by atoms with Crippen LogP contribution in [-0.2, 0) is 17.4 Å². The number of halogens is 3. The highest BCUT2D eigenvalue weighted by molar-refractivity contribution is 5.90. The van der Waals surface area contributed by atoms with E-state index in [9.17, 15) is 18.0 Å². The highest BCUT2D eigenvalue weighted by Crippen LogP contribution is 2.29. The molecule has 0 aliphatic carbocycles. The largest absolute Gasteiger partial charge is 0.416 e. The van der Waals surface area contributed by atoms with Crippen LogP contribution in [0, 0.1) is 13.8 Å². The van der Waals surface area contributed by atoms with Crippen molar-refractivity contribution in [3.8, 4) is 0 Å². The number of nitrogens with zero attached hydrogens (tertiary/aromatic N) is 4. The lowest BCUT2D eigenvalue weighted by Gasteiger charge is -2.11. The Morgan fingerprint density at radius 3 is 2.54 bits per heavy atom. The first-order chi connectivity index (χ1) is 12.3. The van der Waals surface area contributed by atoms with Crippen LogP contribution in [0.1, 0.15) is 28.9 Å². The highest BCUT2D eigenvalue weighted by Gasteiger charge is 2.29. The number of aryl methyl sites for hydroxylation is 2. The first kappa shape index (κ1) is 17.8. The summed E-state index contributed by atoms with van der Waals surface area (Å²) in [6.45, 7) is 3.71. The minimum atomic E-state index is -4.40. The molecular formula is C17H16F3N5O. The van der Waals surface area contributed by atoms with Gasteiger partial charge in [-0.1, -0.05) is 0 Å². The maximum absolute atomic E-state index is 12.5. The molecule has 2 heterocycles. The van der Waals surface area contributed by atoms with Gasteiger partial charge in [-0.25, -0.2) is 9.50 Å². The molecule has 0 aliphatic heterocycles. The highest BCUT2D eigenvalue weighted by atomic mass is 19.4. The summed E-state index contributed by atoms with van der Waals surface area (Å²) < 4.78 is 39.3. The molecule has 6 nitrogen and oxygen atoms in total.